The summed E-state index contributed by atoms with van der Waals surface area (Å²) in [6.45, 7) is 4.49. The molecule has 0 bridgehead atoms. The first kappa shape index (κ1) is 13.2. The molecule has 0 amide bonds. The van der Waals surface area contributed by atoms with E-state index in [2.05, 4.69) is 56.3 Å². The van der Waals surface area contributed by atoms with Gasteiger partial charge >= 0.3 is 0 Å². The van der Waals surface area contributed by atoms with Gasteiger partial charge in [-0.3, -0.25) is 0 Å². The van der Waals surface area contributed by atoms with Crippen molar-refractivity contribution in [3.8, 4) is 0 Å². The van der Waals surface area contributed by atoms with Crippen molar-refractivity contribution in [2.45, 2.75) is 20.3 Å². The lowest BCUT2D eigenvalue weighted by atomic mass is 9.83. The first-order chi connectivity index (χ1) is 8.66. The fourth-order valence-electron chi connectivity index (χ4n) is 2.12. The van der Waals surface area contributed by atoms with Crippen molar-refractivity contribution >= 4 is 11.6 Å². The van der Waals surface area contributed by atoms with Crippen LogP contribution in [0.15, 0.2) is 54.6 Å². The van der Waals surface area contributed by atoms with Gasteiger partial charge < -0.3 is 0 Å². The predicted octanol–water partition coefficient (Wildman–Crippen LogP) is 5.16. The maximum absolute atomic E-state index is 5.95. The van der Waals surface area contributed by atoms with Gasteiger partial charge in [0.15, 0.2) is 0 Å². The van der Waals surface area contributed by atoms with E-state index >= 15 is 0 Å². The van der Waals surface area contributed by atoms with E-state index in [-0.39, 0.29) is 0 Å². The zero-order chi connectivity index (χ0) is 13.0. The number of halogens is 1. The topological polar surface area (TPSA) is 0 Å². The normalized spacial score (nSPS) is 11.2. The van der Waals surface area contributed by atoms with E-state index in [1.807, 2.05) is 12.1 Å². The van der Waals surface area contributed by atoms with Crippen molar-refractivity contribution < 1.29 is 0 Å². The van der Waals surface area contributed by atoms with Crippen molar-refractivity contribution in [1.29, 1.82) is 0 Å². The van der Waals surface area contributed by atoms with Crippen LogP contribution in [0.1, 0.15) is 25.0 Å². The molecule has 0 spiro atoms. The molecule has 0 saturated heterocycles. The van der Waals surface area contributed by atoms with Crippen LogP contribution in [0.4, 0.5) is 0 Å². The second kappa shape index (κ2) is 6.06. The number of hydrogen-bond acceptors (Lipinski definition) is 0. The zero-order valence-electron chi connectivity index (χ0n) is 10.9. The van der Waals surface area contributed by atoms with Gasteiger partial charge in [0, 0.05) is 10.9 Å². The molecule has 2 aromatic rings. The number of hydrogen-bond donors (Lipinski definition) is 0. The molecule has 0 saturated carbocycles. The van der Waals surface area contributed by atoms with Gasteiger partial charge in [-0.25, -0.2) is 0 Å². The molecule has 1 heteroatoms. The monoisotopic (exact) mass is 257 g/mol. The van der Waals surface area contributed by atoms with Crippen LogP contribution in [0.25, 0.3) is 0 Å². The van der Waals surface area contributed by atoms with Crippen LogP contribution in [-0.2, 0) is 6.42 Å². The molecule has 2 aromatic carbocycles. The molecule has 0 N–H and O–H groups in total. The Bertz CT molecular complexity index is 471. The van der Waals surface area contributed by atoms with Crippen molar-refractivity contribution in [2.24, 2.45) is 5.92 Å². The van der Waals surface area contributed by atoms with E-state index in [9.17, 15) is 0 Å². The van der Waals surface area contributed by atoms with Crippen LogP contribution < -0.4 is 0 Å². The summed E-state index contributed by atoms with van der Waals surface area (Å²) in [6.07, 6.45) is 1.00. The summed E-state index contributed by atoms with van der Waals surface area (Å²) < 4.78 is 0. The second-order valence-corrected chi connectivity index (χ2v) is 5.29. The standard InChI is InChI=1S/C17H18Cl/c1-13(2)17(12-14-6-4-3-5-7-14)15-8-10-16(18)11-9-15/h3-11,13H,12H2,1-2H3. The van der Waals surface area contributed by atoms with E-state index in [1.54, 1.807) is 0 Å². The Balaban J connectivity index is 2.21. The first-order valence-corrected chi connectivity index (χ1v) is 6.70. The quantitative estimate of drug-likeness (QED) is 0.710. The second-order valence-electron chi connectivity index (χ2n) is 4.85. The minimum absolute atomic E-state index is 0.534. The highest BCUT2D eigenvalue weighted by molar-refractivity contribution is 6.30. The maximum atomic E-state index is 5.95. The summed E-state index contributed by atoms with van der Waals surface area (Å²) >= 11 is 5.95. The SMILES string of the molecule is CC(C)[C](Cc1ccccc1)c1ccc(Cl)cc1. The molecule has 0 aliphatic heterocycles. The Morgan fingerprint density at radius 3 is 2.11 bits per heavy atom. The van der Waals surface area contributed by atoms with Gasteiger partial charge in [0.1, 0.15) is 0 Å². The molecule has 0 aliphatic carbocycles. The Hall–Kier alpha value is -1.27. The van der Waals surface area contributed by atoms with Gasteiger partial charge in [-0.1, -0.05) is 67.9 Å². The van der Waals surface area contributed by atoms with E-state index in [1.165, 1.54) is 17.0 Å². The number of rotatable bonds is 4. The van der Waals surface area contributed by atoms with Gasteiger partial charge in [-0.05, 0) is 35.6 Å². The van der Waals surface area contributed by atoms with E-state index in [0.29, 0.717) is 5.92 Å². The minimum Gasteiger partial charge on any atom is -0.0843 e. The molecular formula is C17H18Cl. The van der Waals surface area contributed by atoms with Crippen LogP contribution in [-0.4, -0.2) is 0 Å². The highest BCUT2D eigenvalue weighted by Crippen LogP contribution is 2.28. The van der Waals surface area contributed by atoms with Crippen molar-refractivity contribution in [1.82, 2.24) is 0 Å². The fraction of sp³-hybridized carbons (Fsp3) is 0.235. The van der Waals surface area contributed by atoms with Crippen LogP contribution in [0, 0.1) is 11.8 Å². The molecule has 0 unspecified atom stereocenters. The molecule has 0 aromatic heterocycles. The summed E-state index contributed by atoms with van der Waals surface area (Å²) in [7, 11) is 0. The lowest BCUT2D eigenvalue weighted by Crippen LogP contribution is -2.11. The van der Waals surface area contributed by atoms with Gasteiger partial charge in [0.05, 0.1) is 0 Å². The molecule has 0 nitrogen and oxygen atoms in total. The Kier molecular flexibility index (Phi) is 4.43. The predicted molar refractivity (Wildman–Crippen MR) is 78.8 cm³/mol. The van der Waals surface area contributed by atoms with Crippen LogP contribution >= 0.6 is 11.6 Å². The Labute approximate surface area is 115 Å². The molecule has 1 radical (unpaired) electrons. The lowest BCUT2D eigenvalue weighted by Gasteiger charge is -2.21. The van der Waals surface area contributed by atoms with Crippen molar-refractivity contribution in [3.63, 3.8) is 0 Å². The molecule has 18 heavy (non-hydrogen) atoms. The first-order valence-electron chi connectivity index (χ1n) is 6.32. The van der Waals surface area contributed by atoms with Crippen LogP contribution in [0.3, 0.4) is 0 Å². The zero-order valence-corrected chi connectivity index (χ0v) is 11.6. The summed E-state index contributed by atoms with van der Waals surface area (Å²) in [6, 6.07) is 18.7. The van der Waals surface area contributed by atoms with Crippen molar-refractivity contribution in [3.05, 3.63) is 76.7 Å². The van der Waals surface area contributed by atoms with E-state index < -0.39 is 0 Å². The summed E-state index contributed by atoms with van der Waals surface area (Å²) in [5.74, 6) is 1.99. The molecule has 0 fully saturated rings. The summed E-state index contributed by atoms with van der Waals surface area (Å²) in [5.41, 5.74) is 2.65. The third kappa shape index (κ3) is 3.36. The highest BCUT2D eigenvalue weighted by atomic mass is 35.5. The third-order valence-electron chi connectivity index (χ3n) is 3.15. The minimum atomic E-state index is 0.534. The molecule has 93 valence electrons. The highest BCUT2D eigenvalue weighted by Gasteiger charge is 2.17. The van der Waals surface area contributed by atoms with Gasteiger partial charge in [0.2, 0.25) is 0 Å². The molecule has 0 heterocycles. The fourth-order valence-corrected chi connectivity index (χ4v) is 2.25. The van der Waals surface area contributed by atoms with E-state index in [0.717, 1.165) is 11.4 Å². The Morgan fingerprint density at radius 2 is 1.56 bits per heavy atom. The van der Waals surface area contributed by atoms with Gasteiger partial charge in [-0.15, -0.1) is 0 Å². The van der Waals surface area contributed by atoms with Gasteiger partial charge in [-0.2, -0.15) is 0 Å². The van der Waals surface area contributed by atoms with Gasteiger partial charge in [0.25, 0.3) is 0 Å². The van der Waals surface area contributed by atoms with Crippen LogP contribution in [0.2, 0.25) is 5.02 Å². The molecule has 2 rings (SSSR count). The van der Waals surface area contributed by atoms with Crippen LogP contribution in [0.5, 0.6) is 0 Å². The molecule has 0 atom stereocenters. The maximum Gasteiger partial charge on any atom is 0.0406 e. The summed E-state index contributed by atoms with van der Waals surface area (Å²) in [4.78, 5) is 0. The van der Waals surface area contributed by atoms with Crippen molar-refractivity contribution in [2.75, 3.05) is 0 Å². The third-order valence-corrected chi connectivity index (χ3v) is 3.40. The molecule has 0 aliphatic rings. The van der Waals surface area contributed by atoms with E-state index in [4.69, 9.17) is 11.6 Å². The molecular weight excluding hydrogens is 240 g/mol. The summed E-state index contributed by atoms with van der Waals surface area (Å²) in [5, 5.41) is 0.793. The average Bonchev–Trinajstić information content (AvgIpc) is 2.38. The number of benzene rings is 2. The average molecular weight is 258 g/mol. The Morgan fingerprint density at radius 1 is 0.944 bits per heavy atom. The lowest BCUT2D eigenvalue weighted by molar-refractivity contribution is 0.656. The smallest absolute Gasteiger partial charge is 0.0406 e. The largest absolute Gasteiger partial charge is 0.0843 e.